The number of benzene rings is 1. The van der Waals surface area contributed by atoms with Crippen LogP contribution >= 0.6 is 23.1 Å². The minimum atomic E-state index is -0.215. The molecular weight excluding hydrogens is 242 g/mol. The molecule has 2 N–H and O–H groups in total. The molecule has 0 saturated carbocycles. The lowest BCUT2D eigenvalue weighted by Gasteiger charge is -2.00. The number of H-pyrrole nitrogens is 1. The molecule has 0 saturated heterocycles. The van der Waals surface area contributed by atoms with Crippen LogP contribution in [0.25, 0.3) is 0 Å². The summed E-state index contributed by atoms with van der Waals surface area (Å²) < 4.78 is 0. The van der Waals surface area contributed by atoms with Crippen molar-refractivity contribution in [2.24, 2.45) is 0 Å². The standard InChI is InChI=1S/C11H11NO2S2/c1-15-8-4-2-7(3-5-8)6-9-10(13)12-11(14)16-9/h2-5,13H,6H2,1H3,(H,12,14). The number of aromatic hydroxyl groups is 1. The molecule has 0 unspecified atom stereocenters. The molecule has 16 heavy (non-hydrogen) atoms. The van der Waals surface area contributed by atoms with Crippen LogP contribution in [0.3, 0.4) is 0 Å². The van der Waals surface area contributed by atoms with E-state index in [1.54, 1.807) is 11.8 Å². The summed E-state index contributed by atoms with van der Waals surface area (Å²) in [7, 11) is 0. The van der Waals surface area contributed by atoms with Gasteiger partial charge in [-0.15, -0.1) is 11.8 Å². The van der Waals surface area contributed by atoms with Crippen molar-refractivity contribution in [3.8, 4) is 5.88 Å². The van der Waals surface area contributed by atoms with Gasteiger partial charge in [-0.2, -0.15) is 0 Å². The molecule has 2 aromatic rings. The van der Waals surface area contributed by atoms with Gasteiger partial charge in [-0.05, 0) is 24.0 Å². The zero-order chi connectivity index (χ0) is 11.5. The summed E-state index contributed by atoms with van der Waals surface area (Å²) >= 11 is 2.74. The van der Waals surface area contributed by atoms with E-state index < -0.39 is 0 Å². The van der Waals surface area contributed by atoms with Crippen LogP contribution in [0.15, 0.2) is 34.0 Å². The minimum Gasteiger partial charge on any atom is -0.494 e. The Morgan fingerprint density at radius 3 is 2.56 bits per heavy atom. The van der Waals surface area contributed by atoms with Crippen LogP contribution in [0.2, 0.25) is 0 Å². The van der Waals surface area contributed by atoms with Crippen LogP contribution in [0, 0.1) is 0 Å². The van der Waals surface area contributed by atoms with Gasteiger partial charge in [-0.1, -0.05) is 23.5 Å². The average molecular weight is 253 g/mol. The van der Waals surface area contributed by atoms with Gasteiger partial charge in [0.15, 0.2) is 0 Å². The molecule has 3 nitrogen and oxygen atoms in total. The maximum atomic E-state index is 11.0. The van der Waals surface area contributed by atoms with Gasteiger partial charge in [0.2, 0.25) is 5.88 Å². The third-order valence-corrected chi connectivity index (χ3v) is 3.84. The molecule has 0 aliphatic rings. The van der Waals surface area contributed by atoms with E-state index in [4.69, 9.17) is 0 Å². The Bertz CT molecular complexity index is 528. The first kappa shape index (κ1) is 11.3. The molecule has 1 heterocycles. The summed E-state index contributed by atoms with van der Waals surface area (Å²) in [6.07, 6.45) is 2.61. The van der Waals surface area contributed by atoms with Gasteiger partial charge in [0.25, 0.3) is 0 Å². The third-order valence-electron chi connectivity index (χ3n) is 2.22. The maximum Gasteiger partial charge on any atom is 0.307 e. The maximum absolute atomic E-state index is 11.0. The smallest absolute Gasteiger partial charge is 0.307 e. The molecule has 84 valence electrons. The lowest BCUT2D eigenvalue weighted by atomic mass is 10.1. The highest BCUT2D eigenvalue weighted by atomic mass is 32.2. The van der Waals surface area contributed by atoms with Crippen LogP contribution in [-0.2, 0) is 6.42 Å². The van der Waals surface area contributed by atoms with Crippen molar-refractivity contribution in [3.63, 3.8) is 0 Å². The van der Waals surface area contributed by atoms with Crippen molar-refractivity contribution in [2.45, 2.75) is 11.3 Å². The Morgan fingerprint density at radius 2 is 2.06 bits per heavy atom. The number of hydrogen-bond acceptors (Lipinski definition) is 4. The fourth-order valence-electron chi connectivity index (χ4n) is 1.40. The lowest BCUT2D eigenvalue weighted by Crippen LogP contribution is -1.89. The molecule has 0 bridgehead atoms. The van der Waals surface area contributed by atoms with Gasteiger partial charge in [-0.25, -0.2) is 0 Å². The Hall–Kier alpha value is -1.20. The van der Waals surface area contributed by atoms with Crippen molar-refractivity contribution in [1.82, 2.24) is 4.98 Å². The highest BCUT2D eigenvalue weighted by Gasteiger charge is 2.07. The van der Waals surface area contributed by atoms with E-state index in [1.165, 1.54) is 4.90 Å². The molecule has 2 rings (SSSR count). The molecule has 0 fully saturated rings. The topological polar surface area (TPSA) is 53.1 Å². The Kier molecular flexibility index (Phi) is 3.36. The lowest BCUT2D eigenvalue weighted by molar-refractivity contribution is 0.451. The highest BCUT2D eigenvalue weighted by molar-refractivity contribution is 7.98. The van der Waals surface area contributed by atoms with Crippen molar-refractivity contribution in [2.75, 3.05) is 6.26 Å². The molecular formula is C11H11NO2S2. The molecule has 0 aliphatic heterocycles. The number of thioether (sulfide) groups is 1. The van der Waals surface area contributed by atoms with Crippen LogP contribution in [0.4, 0.5) is 0 Å². The van der Waals surface area contributed by atoms with Crippen molar-refractivity contribution in [3.05, 3.63) is 44.4 Å². The summed E-state index contributed by atoms with van der Waals surface area (Å²) in [5.41, 5.74) is 1.09. The summed E-state index contributed by atoms with van der Waals surface area (Å²) in [6.45, 7) is 0. The second-order valence-electron chi connectivity index (χ2n) is 3.31. The van der Waals surface area contributed by atoms with E-state index in [1.807, 2.05) is 30.5 Å². The van der Waals surface area contributed by atoms with Gasteiger partial charge in [0, 0.05) is 11.3 Å². The van der Waals surface area contributed by atoms with Crippen molar-refractivity contribution >= 4 is 23.1 Å². The highest BCUT2D eigenvalue weighted by Crippen LogP contribution is 2.21. The molecule has 0 radical (unpaired) electrons. The summed E-state index contributed by atoms with van der Waals surface area (Å²) in [5.74, 6) is -0.0102. The first-order valence-corrected chi connectivity index (χ1v) is 6.77. The SMILES string of the molecule is CSc1ccc(Cc2sc(=O)[nH]c2O)cc1. The molecule has 1 aromatic heterocycles. The zero-order valence-electron chi connectivity index (χ0n) is 8.69. The zero-order valence-corrected chi connectivity index (χ0v) is 10.3. The fourth-order valence-corrected chi connectivity index (χ4v) is 2.57. The van der Waals surface area contributed by atoms with Gasteiger partial charge >= 0.3 is 4.87 Å². The minimum absolute atomic E-state index is 0.0102. The predicted octanol–water partition coefficient (Wildman–Crippen LogP) is 2.45. The summed E-state index contributed by atoms with van der Waals surface area (Å²) in [4.78, 5) is 15.0. The van der Waals surface area contributed by atoms with Gasteiger partial charge in [-0.3, -0.25) is 9.78 Å². The molecule has 0 aliphatic carbocycles. The summed E-state index contributed by atoms with van der Waals surface area (Å²) in [6, 6.07) is 8.09. The Morgan fingerprint density at radius 1 is 1.38 bits per heavy atom. The number of aromatic nitrogens is 1. The van der Waals surface area contributed by atoms with E-state index in [-0.39, 0.29) is 10.8 Å². The number of thiazole rings is 1. The van der Waals surface area contributed by atoms with Crippen LogP contribution in [-0.4, -0.2) is 16.3 Å². The largest absolute Gasteiger partial charge is 0.494 e. The third kappa shape index (κ3) is 2.48. The quantitative estimate of drug-likeness (QED) is 0.826. The monoisotopic (exact) mass is 253 g/mol. The number of rotatable bonds is 3. The predicted molar refractivity (Wildman–Crippen MR) is 67.6 cm³/mol. The van der Waals surface area contributed by atoms with E-state index >= 15 is 0 Å². The summed E-state index contributed by atoms with van der Waals surface area (Å²) in [5, 5.41) is 9.44. The van der Waals surface area contributed by atoms with E-state index in [0.29, 0.717) is 11.3 Å². The Balaban J connectivity index is 2.20. The van der Waals surface area contributed by atoms with Crippen LogP contribution in [0.1, 0.15) is 10.4 Å². The van der Waals surface area contributed by atoms with Crippen LogP contribution in [0.5, 0.6) is 5.88 Å². The Labute approximate surface area is 101 Å². The van der Waals surface area contributed by atoms with Gasteiger partial charge in [0.05, 0.1) is 4.88 Å². The van der Waals surface area contributed by atoms with E-state index in [9.17, 15) is 9.90 Å². The second-order valence-corrected chi connectivity index (χ2v) is 5.26. The number of nitrogens with one attached hydrogen (secondary N) is 1. The fraction of sp³-hybridized carbons (Fsp3) is 0.182. The van der Waals surface area contributed by atoms with Gasteiger partial charge in [0.1, 0.15) is 0 Å². The average Bonchev–Trinajstić information content (AvgIpc) is 2.59. The van der Waals surface area contributed by atoms with E-state index in [0.717, 1.165) is 16.9 Å². The van der Waals surface area contributed by atoms with Gasteiger partial charge < -0.3 is 5.11 Å². The normalized spacial score (nSPS) is 10.6. The molecule has 0 spiro atoms. The number of hydrogen-bond donors (Lipinski definition) is 2. The van der Waals surface area contributed by atoms with E-state index in [2.05, 4.69) is 4.98 Å². The van der Waals surface area contributed by atoms with Crippen molar-refractivity contribution < 1.29 is 5.11 Å². The molecule has 0 atom stereocenters. The molecule has 0 amide bonds. The van der Waals surface area contributed by atoms with Crippen LogP contribution < -0.4 is 4.87 Å². The second kappa shape index (κ2) is 4.76. The van der Waals surface area contributed by atoms with Crippen molar-refractivity contribution in [1.29, 1.82) is 0 Å². The molecule has 1 aromatic carbocycles. The first-order valence-electron chi connectivity index (χ1n) is 4.73. The number of aromatic amines is 1. The molecule has 5 heteroatoms. The first-order chi connectivity index (χ1) is 7.69.